The maximum Gasteiger partial charge on any atom is 0.211 e. The van der Waals surface area contributed by atoms with Crippen LogP contribution in [0.15, 0.2) is 24.3 Å². The van der Waals surface area contributed by atoms with Crippen LogP contribution in [0.4, 0.5) is 4.39 Å². The van der Waals surface area contributed by atoms with Gasteiger partial charge in [0.2, 0.25) is 10.0 Å². The molecule has 6 heteroatoms. The number of halogens is 1. The van der Waals surface area contributed by atoms with Crippen molar-refractivity contribution in [1.82, 2.24) is 9.21 Å². The number of hydrogen-bond acceptors (Lipinski definition) is 3. The summed E-state index contributed by atoms with van der Waals surface area (Å²) in [4.78, 5) is 2.34. The summed E-state index contributed by atoms with van der Waals surface area (Å²) < 4.78 is 38.0. The summed E-state index contributed by atoms with van der Waals surface area (Å²) in [7, 11) is -3.09. The normalized spacial score (nSPS) is 19.8. The van der Waals surface area contributed by atoms with Crippen molar-refractivity contribution in [2.24, 2.45) is 0 Å². The molecule has 0 bridgehead atoms. The van der Waals surface area contributed by atoms with Gasteiger partial charge in [-0.1, -0.05) is 12.1 Å². The molecule has 22 heavy (non-hydrogen) atoms. The largest absolute Gasteiger partial charge is 0.299 e. The summed E-state index contributed by atoms with van der Waals surface area (Å²) in [6, 6.07) is 7.10. The zero-order chi connectivity index (χ0) is 16.2. The molecule has 1 aliphatic heterocycles. The van der Waals surface area contributed by atoms with E-state index in [1.54, 1.807) is 16.4 Å². The van der Waals surface area contributed by atoms with Crippen LogP contribution < -0.4 is 0 Å². The summed E-state index contributed by atoms with van der Waals surface area (Å²) in [5.41, 5.74) is 1.01. The molecule has 4 nitrogen and oxygen atoms in total. The molecule has 0 aliphatic carbocycles. The van der Waals surface area contributed by atoms with Crippen molar-refractivity contribution in [2.45, 2.75) is 32.2 Å². The standard InChI is InChI=1S/C16H25FN2O2S/c1-14(7-8-15-5-3-6-16(17)13-15)18-9-4-10-19(12-11-18)22(2,20)21/h3,5-6,13-14H,4,7-12H2,1-2H3/t14-/m1/s1. The van der Waals surface area contributed by atoms with Gasteiger partial charge in [0.15, 0.2) is 0 Å². The Morgan fingerprint density at radius 3 is 2.68 bits per heavy atom. The SMILES string of the molecule is C[C@H](CCc1cccc(F)c1)N1CCCN(S(C)(=O)=O)CC1. The molecule has 1 saturated heterocycles. The fourth-order valence-corrected chi connectivity index (χ4v) is 3.81. The van der Waals surface area contributed by atoms with Crippen molar-refractivity contribution in [3.8, 4) is 0 Å². The molecule has 0 radical (unpaired) electrons. The van der Waals surface area contributed by atoms with Gasteiger partial charge in [0, 0.05) is 25.7 Å². The van der Waals surface area contributed by atoms with Crippen LogP contribution in [0, 0.1) is 5.82 Å². The highest BCUT2D eigenvalue weighted by molar-refractivity contribution is 7.88. The molecule has 1 fully saturated rings. The van der Waals surface area contributed by atoms with Crippen molar-refractivity contribution in [3.63, 3.8) is 0 Å². The minimum Gasteiger partial charge on any atom is -0.299 e. The number of benzene rings is 1. The second-order valence-electron chi connectivity index (χ2n) is 6.07. The average Bonchev–Trinajstić information content (AvgIpc) is 2.70. The van der Waals surface area contributed by atoms with Crippen LogP contribution >= 0.6 is 0 Å². The molecular weight excluding hydrogens is 303 g/mol. The van der Waals surface area contributed by atoms with E-state index in [1.165, 1.54) is 12.3 Å². The van der Waals surface area contributed by atoms with Gasteiger partial charge in [0.25, 0.3) is 0 Å². The Kier molecular flexibility index (Phi) is 5.94. The smallest absolute Gasteiger partial charge is 0.211 e. The highest BCUT2D eigenvalue weighted by atomic mass is 32.2. The predicted octanol–water partition coefficient (Wildman–Crippen LogP) is 2.11. The summed E-state index contributed by atoms with van der Waals surface area (Å²) in [6.45, 7) is 5.00. The lowest BCUT2D eigenvalue weighted by Gasteiger charge is -2.27. The monoisotopic (exact) mass is 328 g/mol. The zero-order valence-corrected chi connectivity index (χ0v) is 14.2. The maximum absolute atomic E-state index is 13.2. The van der Waals surface area contributed by atoms with Crippen LogP contribution in [0.3, 0.4) is 0 Å². The fraction of sp³-hybridized carbons (Fsp3) is 0.625. The molecule has 1 atom stereocenters. The van der Waals surface area contributed by atoms with Gasteiger partial charge in [-0.2, -0.15) is 0 Å². The molecule has 1 aromatic carbocycles. The molecule has 1 aliphatic rings. The van der Waals surface area contributed by atoms with Gasteiger partial charge in [-0.15, -0.1) is 0 Å². The van der Waals surface area contributed by atoms with Crippen molar-refractivity contribution in [2.75, 3.05) is 32.4 Å². The van der Waals surface area contributed by atoms with Gasteiger partial charge in [-0.05, 0) is 50.4 Å². The highest BCUT2D eigenvalue weighted by Gasteiger charge is 2.23. The molecule has 0 aromatic heterocycles. The van der Waals surface area contributed by atoms with Crippen molar-refractivity contribution in [1.29, 1.82) is 0 Å². The van der Waals surface area contributed by atoms with E-state index in [2.05, 4.69) is 11.8 Å². The molecule has 0 N–H and O–H groups in total. The fourth-order valence-electron chi connectivity index (χ4n) is 2.94. The van der Waals surface area contributed by atoms with Crippen LogP contribution in [-0.4, -0.2) is 56.1 Å². The highest BCUT2D eigenvalue weighted by Crippen LogP contribution is 2.14. The lowest BCUT2D eigenvalue weighted by molar-refractivity contribution is 0.210. The van der Waals surface area contributed by atoms with Crippen LogP contribution in [-0.2, 0) is 16.4 Å². The van der Waals surface area contributed by atoms with E-state index in [9.17, 15) is 12.8 Å². The van der Waals surface area contributed by atoms with E-state index in [0.29, 0.717) is 19.1 Å². The Balaban J connectivity index is 1.86. The van der Waals surface area contributed by atoms with E-state index >= 15 is 0 Å². The number of aryl methyl sites for hydroxylation is 1. The van der Waals surface area contributed by atoms with Crippen LogP contribution in [0.2, 0.25) is 0 Å². The Labute approximate surface area is 133 Å². The van der Waals surface area contributed by atoms with Gasteiger partial charge in [0.1, 0.15) is 5.82 Å². The van der Waals surface area contributed by atoms with Crippen LogP contribution in [0.25, 0.3) is 0 Å². The molecular formula is C16H25FN2O2S. The van der Waals surface area contributed by atoms with Crippen molar-refractivity contribution < 1.29 is 12.8 Å². The second-order valence-corrected chi connectivity index (χ2v) is 8.05. The topological polar surface area (TPSA) is 40.6 Å². The molecule has 2 rings (SSSR count). The van der Waals surface area contributed by atoms with E-state index < -0.39 is 10.0 Å². The lowest BCUT2D eigenvalue weighted by Crippen LogP contribution is -2.38. The maximum atomic E-state index is 13.2. The Bertz CT molecular complexity index is 592. The first-order chi connectivity index (χ1) is 10.4. The van der Waals surface area contributed by atoms with Crippen molar-refractivity contribution >= 4 is 10.0 Å². The third-order valence-electron chi connectivity index (χ3n) is 4.32. The summed E-state index contributed by atoms with van der Waals surface area (Å²) in [5, 5.41) is 0. The van der Waals surface area contributed by atoms with E-state index in [4.69, 9.17) is 0 Å². The average molecular weight is 328 g/mol. The Morgan fingerprint density at radius 2 is 2.00 bits per heavy atom. The van der Waals surface area contributed by atoms with E-state index in [0.717, 1.165) is 37.9 Å². The number of rotatable bonds is 5. The Hall–Kier alpha value is -0.980. The number of hydrogen-bond donors (Lipinski definition) is 0. The van der Waals surface area contributed by atoms with Gasteiger partial charge in [-0.3, -0.25) is 4.90 Å². The van der Waals surface area contributed by atoms with Crippen LogP contribution in [0.5, 0.6) is 0 Å². The zero-order valence-electron chi connectivity index (χ0n) is 13.3. The molecule has 0 unspecified atom stereocenters. The molecule has 1 aromatic rings. The first-order valence-electron chi connectivity index (χ1n) is 7.80. The molecule has 124 valence electrons. The Morgan fingerprint density at radius 1 is 1.23 bits per heavy atom. The third kappa shape index (κ3) is 5.04. The second kappa shape index (κ2) is 7.53. The lowest BCUT2D eigenvalue weighted by atomic mass is 10.0. The van der Waals surface area contributed by atoms with Crippen molar-refractivity contribution in [3.05, 3.63) is 35.6 Å². The van der Waals surface area contributed by atoms with Gasteiger partial charge in [-0.25, -0.2) is 17.1 Å². The van der Waals surface area contributed by atoms with Gasteiger partial charge < -0.3 is 0 Å². The number of sulfonamides is 1. The molecule has 1 heterocycles. The molecule has 0 saturated carbocycles. The number of nitrogens with zero attached hydrogens (tertiary/aromatic N) is 2. The third-order valence-corrected chi connectivity index (χ3v) is 5.62. The quantitative estimate of drug-likeness (QED) is 0.831. The van der Waals surface area contributed by atoms with E-state index in [-0.39, 0.29) is 5.82 Å². The summed E-state index contributed by atoms with van der Waals surface area (Å²) >= 11 is 0. The van der Waals surface area contributed by atoms with Gasteiger partial charge in [0.05, 0.1) is 6.26 Å². The minimum atomic E-state index is -3.09. The van der Waals surface area contributed by atoms with Gasteiger partial charge >= 0.3 is 0 Å². The molecule has 0 spiro atoms. The summed E-state index contributed by atoms with van der Waals surface area (Å²) in [5.74, 6) is -0.191. The first kappa shape index (κ1) is 17.4. The summed E-state index contributed by atoms with van der Waals surface area (Å²) in [6.07, 6.45) is 3.92. The van der Waals surface area contributed by atoms with Crippen LogP contribution in [0.1, 0.15) is 25.3 Å². The minimum absolute atomic E-state index is 0.191. The predicted molar refractivity (Wildman–Crippen MR) is 86.8 cm³/mol. The molecule has 0 amide bonds. The van der Waals surface area contributed by atoms with E-state index in [1.807, 2.05) is 6.07 Å². The first-order valence-corrected chi connectivity index (χ1v) is 9.65.